The van der Waals surface area contributed by atoms with Gasteiger partial charge in [-0.05, 0) is 33.4 Å². The molecule has 346 valence electrons. The van der Waals surface area contributed by atoms with Crippen molar-refractivity contribution in [3.05, 3.63) is 215 Å². The Kier molecular flexibility index (Phi) is 18.0. The molecule has 2 aliphatic heterocycles. The van der Waals surface area contributed by atoms with Gasteiger partial charge in [-0.1, -0.05) is 182 Å². The monoisotopic (exact) mass is 896 g/mol. The van der Waals surface area contributed by atoms with Crippen LogP contribution < -0.4 is 0 Å². The highest BCUT2D eigenvalue weighted by Gasteiger charge is 2.54. The first kappa shape index (κ1) is 47.4. The summed E-state index contributed by atoms with van der Waals surface area (Å²) in [5, 5.41) is 11.1. The molecule has 0 unspecified atom stereocenters. The predicted molar refractivity (Wildman–Crippen MR) is 247 cm³/mol. The van der Waals surface area contributed by atoms with Gasteiger partial charge in [0.1, 0.15) is 48.8 Å². The Morgan fingerprint density at radius 1 is 0.364 bits per heavy atom. The summed E-state index contributed by atoms with van der Waals surface area (Å²) in [6, 6.07) is 59.7. The van der Waals surface area contributed by atoms with Crippen molar-refractivity contribution in [2.24, 2.45) is 0 Å². The largest absolute Gasteiger partial charge is 0.394 e. The van der Waals surface area contributed by atoms with E-state index in [0.29, 0.717) is 6.61 Å². The van der Waals surface area contributed by atoms with E-state index in [4.69, 9.17) is 47.4 Å². The van der Waals surface area contributed by atoms with E-state index < -0.39 is 68.0 Å². The Balaban J connectivity index is 1.17. The minimum Gasteiger partial charge on any atom is -0.394 e. The Labute approximate surface area is 388 Å². The van der Waals surface area contributed by atoms with E-state index in [1.54, 1.807) is 7.11 Å². The van der Waals surface area contributed by atoms with Crippen molar-refractivity contribution in [2.75, 3.05) is 20.3 Å². The first-order valence-electron chi connectivity index (χ1n) is 22.6. The Bertz CT molecular complexity index is 2220. The van der Waals surface area contributed by atoms with Crippen LogP contribution in [-0.2, 0) is 87.0 Å². The molecule has 2 aliphatic rings. The summed E-state index contributed by atoms with van der Waals surface area (Å²) >= 11 is 0. The molecule has 1 N–H and O–H groups in total. The number of hydrogen-bond acceptors (Lipinski definition) is 11. The van der Waals surface area contributed by atoms with Gasteiger partial charge in [-0.25, -0.2) is 0 Å². The normalized spacial score (nSPS) is 25.4. The molecular formula is C55H60O11. The van der Waals surface area contributed by atoms with Gasteiger partial charge >= 0.3 is 0 Å². The topological polar surface area (TPSA) is 113 Å². The lowest BCUT2D eigenvalue weighted by atomic mass is 9.95. The third kappa shape index (κ3) is 13.3. The van der Waals surface area contributed by atoms with Crippen molar-refractivity contribution in [3.63, 3.8) is 0 Å². The summed E-state index contributed by atoms with van der Waals surface area (Å²) < 4.78 is 67.5. The van der Waals surface area contributed by atoms with Crippen molar-refractivity contribution in [1.82, 2.24) is 0 Å². The number of ether oxygens (including phenoxy) is 10. The van der Waals surface area contributed by atoms with Crippen LogP contribution in [-0.4, -0.2) is 86.8 Å². The Morgan fingerprint density at radius 2 is 0.682 bits per heavy atom. The second kappa shape index (κ2) is 25.1. The van der Waals surface area contributed by atoms with E-state index in [-0.39, 0.29) is 39.6 Å². The number of benzene rings is 6. The van der Waals surface area contributed by atoms with Crippen molar-refractivity contribution < 1.29 is 52.5 Å². The third-order valence-electron chi connectivity index (χ3n) is 11.7. The number of methoxy groups -OCH3 is 1. The van der Waals surface area contributed by atoms with Crippen LogP contribution >= 0.6 is 0 Å². The summed E-state index contributed by atoms with van der Waals surface area (Å²) in [5.41, 5.74) is 5.83. The lowest BCUT2D eigenvalue weighted by molar-refractivity contribution is -0.375. The quantitative estimate of drug-likeness (QED) is 0.0668. The predicted octanol–water partition coefficient (Wildman–Crippen LogP) is 8.60. The highest BCUT2D eigenvalue weighted by atomic mass is 16.8. The SMILES string of the molecule is CO[C@H]1O[C@H](CO)[C@@H](O[C@H]2O[C@H](COCc3ccccc3)[C@@H](OCc3ccccc3)[C@H](OCc3ccccc3)[C@H]2OCc2ccccc2)[C@H](OCc2ccccc2)[C@H]1OCc1ccccc1. The molecule has 6 aromatic carbocycles. The average molecular weight is 897 g/mol. The van der Waals surface area contributed by atoms with Crippen molar-refractivity contribution in [3.8, 4) is 0 Å². The van der Waals surface area contributed by atoms with E-state index in [1.807, 2.05) is 182 Å². The first-order chi connectivity index (χ1) is 32.6. The van der Waals surface area contributed by atoms with Crippen molar-refractivity contribution >= 4 is 0 Å². The van der Waals surface area contributed by atoms with Crippen molar-refractivity contribution in [2.45, 2.75) is 101 Å². The zero-order valence-corrected chi connectivity index (χ0v) is 37.3. The Hall–Kier alpha value is -5.12. The molecule has 0 aliphatic carbocycles. The average Bonchev–Trinajstić information content (AvgIpc) is 3.38. The van der Waals surface area contributed by atoms with Gasteiger partial charge in [0, 0.05) is 7.11 Å². The van der Waals surface area contributed by atoms with Crippen LogP contribution in [0.2, 0.25) is 0 Å². The number of aliphatic hydroxyl groups is 1. The number of hydrogen-bond donors (Lipinski definition) is 1. The molecule has 2 fully saturated rings. The van der Waals surface area contributed by atoms with Crippen LogP contribution in [0.4, 0.5) is 0 Å². The van der Waals surface area contributed by atoms with Gasteiger partial charge < -0.3 is 52.5 Å². The summed E-state index contributed by atoms with van der Waals surface area (Å²) in [6.07, 6.45) is -8.55. The van der Waals surface area contributed by atoms with Gasteiger partial charge in [-0.15, -0.1) is 0 Å². The fourth-order valence-corrected chi connectivity index (χ4v) is 8.29. The second-order valence-corrected chi connectivity index (χ2v) is 16.4. The maximum Gasteiger partial charge on any atom is 0.187 e. The van der Waals surface area contributed by atoms with Gasteiger partial charge in [-0.2, -0.15) is 0 Å². The molecule has 10 atom stereocenters. The molecule has 0 saturated carbocycles. The van der Waals surface area contributed by atoms with Crippen LogP contribution in [0.5, 0.6) is 0 Å². The van der Waals surface area contributed by atoms with E-state index in [1.165, 1.54) is 0 Å². The summed E-state index contributed by atoms with van der Waals surface area (Å²) in [4.78, 5) is 0. The van der Waals surface area contributed by atoms with Gasteiger partial charge in [0.15, 0.2) is 12.6 Å². The first-order valence-corrected chi connectivity index (χ1v) is 22.6. The van der Waals surface area contributed by atoms with E-state index in [2.05, 4.69) is 0 Å². The summed E-state index contributed by atoms with van der Waals surface area (Å²) in [6.45, 7) is 1.29. The minimum atomic E-state index is -1.12. The molecule has 6 aromatic rings. The fraction of sp³-hybridized carbons (Fsp3) is 0.345. The van der Waals surface area contributed by atoms with Crippen LogP contribution in [0.3, 0.4) is 0 Å². The smallest absolute Gasteiger partial charge is 0.187 e. The molecular weight excluding hydrogens is 837 g/mol. The lowest BCUT2D eigenvalue weighted by Crippen LogP contribution is -2.66. The van der Waals surface area contributed by atoms with Gasteiger partial charge in [0.2, 0.25) is 0 Å². The molecule has 0 radical (unpaired) electrons. The number of aliphatic hydroxyl groups excluding tert-OH is 1. The molecule has 11 heteroatoms. The van der Waals surface area contributed by atoms with Crippen LogP contribution in [0.1, 0.15) is 33.4 Å². The Morgan fingerprint density at radius 3 is 1.06 bits per heavy atom. The molecule has 2 heterocycles. The van der Waals surface area contributed by atoms with Gasteiger partial charge in [-0.3, -0.25) is 0 Å². The molecule has 0 spiro atoms. The maximum atomic E-state index is 11.1. The number of rotatable bonds is 23. The third-order valence-corrected chi connectivity index (χ3v) is 11.7. The van der Waals surface area contributed by atoms with E-state index in [0.717, 1.165) is 33.4 Å². The molecule has 11 nitrogen and oxygen atoms in total. The highest BCUT2D eigenvalue weighted by molar-refractivity contribution is 5.18. The summed E-state index contributed by atoms with van der Waals surface area (Å²) in [7, 11) is 1.55. The van der Waals surface area contributed by atoms with Crippen LogP contribution in [0.25, 0.3) is 0 Å². The van der Waals surface area contributed by atoms with E-state index in [9.17, 15) is 5.11 Å². The standard InChI is InChI=1S/C55H60O11/c1-57-54-52(62-37-44-28-16-6-17-29-44)51(61-36-43-26-14-5-15-27-43)49(46(32-56)64-54)66-55-53(63-38-45-30-18-7-19-31-45)50(60-35-42-24-12-4-13-25-42)48(59-34-41-22-10-3-11-23-41)47(65-55)39-58-33-40-20-8-2-9-21-40/h2-31,46-56H,32-39H2,1H3/t46-,47-,48-,49-,50+,51+,52-,53-,54+,55-/m1/s1. The second-order valence-electron chi connectivity index (χ2n) is 16.4. The zero-order chi connectivity index (χ0) is 45.2. The van der Waals surface area contributed by atoms with Crippen molar-refractivity contribution in [1.29, 1.82) is 0 Å². The highest BCUT2D eigenvalue weighted by Crippen LogP contribution is 2.36. The summed E-state index contributed by atoms with van der Waals surface area (Å²) in [5.74, 6) is 0. The molecule has 8 rings (SSSR count). The molecule has 0 bridgehead atoms. The molecule has 0 aromatic heterocycles. The molecule has 66 heavy (non-hydrogen) atoms. The fourth-order valence-electron chi connectivity index (χ4n) is 8.29. The molecule has 0 amide bonds. The minimum absolute atomic E-state index is 0.137. The maximum absolute atomic E-state index is 11.1. The van der Waals surface area contributed by atoms with E-state index >= 15 is 0 Å². The van der Waals surface area contributed by atoms with Crippen LogP contribution in [0.15, 0.2) is 182 Å². The lowest BCUT2D eigenvalue weighted by Gasteiger charge is -2.50. The van der Waals surface area contributed by atoms with Gasteiger partial charge in [0.25, 0.3) is 0 Å². The van der Waals surface area contributed by atoms with Crippen LogP contribution in [0, 0.1) is 0 Å². The van der Waals surface area contributed by atoms with Gasteiger partial charge in [0.05, 0.1) is 52.9 Å². The zero-order valence-electron chi connectivity index (χ0n) is 37.3. The molecule has 2 saturated heterocycles.